The van der Waals surface area contributed by atoms with Gasteiger partial charge in [0.1, 0.15) is 5.76 Å². The van der Waals surface area contributed by atoms with Crippen molar-refractivity contribution >= 4 is 29.9 Å². The summed E-state index contributed by atoms with van der Waals surface area (Å²) in [6.45, 7) is 9.87. The number of nitrogens with one attached hydrogen (secondary N) is 2. The highest BCUT2D eigenvalue weighted by atomic mass is 127. The van der Waals surface area contributed by atoms with Gasteiger partial charge in [-0.05, 0) is 25.5 Å². The molecule has 2 rings (SSSR count). The van der Waals surface area contributed by atoms with Gasteiger partial charge in [-0.1, -0.05) is 19.1 Å². The van der Waals surface area contributed by atoms with Crippen molar-refractivity contribution < 1.29 is 9.15 Å². The van der Waals surface area contributed by atoms with Crippen LogP contribution in [0.3, 0.4) is 0 Å². The molecule has 0 spiro atoms. The summed E-state index contributed by atoms with van der Waals surface area (Å²) in [4.78, 5) is 4.70. The molecule has 0 aromatic carbocycles. The van der Waals surface area contributed by atoms with Crippen LogP contribution in [-0.2, 0) is 26.4 Å². The van der Waals surface area contributed by atoms with E-state index in [0.29, 0.717) is 13.1 Å². The third-order valence-corrected chi connectivity index (χ3v) is 3.90. The van der Waals surface area contributed by atoms with Gasteiger partial charge in [-0.15, -0.1) is 24.0 Å². The molecule has 0 saturated heterocycles. The van der Waals surface area contributed by atoms with Gasteiger partial charge in [0.15, 0.2) is 5.96 Å². The topological polar surface area (TPSA) is 76.6 Å². The van der Waals surface area contributed by atoms with Crippen LogP contribution >= 0.6 is 24.0 Å². The zero-order chi connectivity index (χ0) is 18.9. The van der Waals surface area contributed by atoms with E-state index in [4.69, 9.17) is 14.1 Å². The number of aryl methyl sites for hydroxylation is 2. The molecular formula is C19H30IN5O2. The van der Waals surface area contributed by atoms with E-state index in [1.807, 2.05) is 26.1 Å². The number of aliphatic imine (C=N–C) groups is 1. The monoisotopic (exact) mass is 487 g/mol. The van der Waals surface area contributed by atoms with Gasteiger partial charge in [0.25, 0.3) is 0 Å². The van der Waals surface area contributed by atoms with Crippen molar-refractivity contribution in [1.82, 2.24) is 20.4 Å². The number of furan rings is 1. The van der Waals surface area contributed by atoms with Gasteiger partial charge in [-0.25, -0.2) is 9.67 Å². The molecule has 2 aromatic rings. The van der Waals surface area contributed by atoms with Crippen molar-refractivity contribution in [2.75, 3.05) is 20.2 Å². The van der Waals surface area contributed by atoms with E-state index in [-0.39, 0.29) is 24.0 Å². The minimum atomic E-state index is 0. The van der Waals surface area contributed by atoms with Gasteiger partial charge in [-0.2, -0.15) is 5.10 Å². The Morgan fingerprint density at radius 2 is 2.19 bits per heavy atom. The fraction of sp³-hybridized carbons (Fsp3) is 0.474. The zero-order valence-electron chi connectivity index (χ0n) is 16.5. The van der Waals surface area contributed by atoms with Gasteiger partial charge in [0.2, 0.25) is 5.88 Å². The lowest BCUT2D eigenvalue weighted by atomic mass is 10.2. The van der Waals surface area contributed by atoms with Gasteiger partial charge in [0.05, 0.1) is 31.2 Å². The predicted molar refractivity (Wildman–Crippen MR) is 119 cm³/mol. The van der Waals surface area contributed by atoms with Crippen molar-refractivity contribution in [2.24, 2.45) is 12.0 Å². The third kappa shape index (κ3) is 6.93. The maximum atomic E-state index is 5.48. The van der Waals surface area contributed by atoms with Gasteiger partial charge in [-0.3, -0.25) is 0 Å². The van der Waals surface area contributed by atoms with E-state index in [0.717, 1.165) is 53.8 Å². The molecule has 2 N–H and O–H groups in total. The Morgan fingerprint density at radius 1 is 1.41 bits per heavy atom. The second kappa shape index (κ2) is 11.7. The van der Waals surface area contributed by atoms with Gasteiger partial charge < -0.3 is 19.8 Å². The molecule has 150 valence electrons. The van der Waals surface area contributed by atoms with Crippen LogP contribution in [0.15, 0.2) is 40.0 Å². The smallest absolute Gasteiger partial charge is 0.216 e. The number of nitrogens with zero attached hydrogens (tertiary/aromatic N) is 3. The van der Waals surface area contributed by atoms with Crippen LogP contribution in [0.1, 0.15) is 30.9 Å². The molecule has 0 aliphatic rings. The van der Waals surface area contributed by atoms with Crippen molar-refractivity contribution in [2.45, 2.75) is 33.2 Å². The molecular weight excluding hydrogens is 457 g/mol. The Labute approximate surface area is 178 Å². The number of rotatable bonds is 9. The molecule has 0 amide bonds. The molecule has 0 fully saturated rings. The number of halogens is 1. The molecule has 0 saturated carbocycles. The molecule has 0 atom stereocenters. The fourth-order valence-corrected chi connectivity index (χ4v) is 2.63. The van der Waals surface area contributed by atoms with E-state index in [2.05, 4.69) is 29.2 Å². The highest BCUT2D eigenvalue weighted by molar-refractivity contribution is 14.0. The Balaban J connectivity index is 0.00000364. The lowest BCUT2D eigenvalue weighted by Gasteiger charge is -2.12. The molecule has 0 unspecified atom stereocenters. The summed E-state index contributed by atoms with van der Waals surface area (Å²) in [5, 5.41) is 11.1. The number of methoxy groups -OCH3 is 1. The molecule has 27 heavy (non-hydrogen) atoms. The van der Waals surface area contributed by atoms with E-state index in [1.165, 1.54) is 0 Å². The summed E-state index contributed by atoms with van der Waals surface area (Å²) in [6.07, 6.45) is 3.31. The summed E-state index contributed by atoms with van der Waals surface area (Å²) in [5.74, 6) is 2.42. The summed E-state index contributed by atoms with van der Waals surface area (Å²) < 4.78 is 12.6. The summed E-state index contributed by atoms with van der Waals surface area (Å²) in [6, 6.07) is 3.86. The van der Waals surface area contributed by atoms with Crippen LogP contribution < -0.4 is 15.4 Å². The Morgan fingerprint density at radius 3 is 2.78 bits per heavy atom. The largest absolute Gasteiger partial charge is 0.481 e. The highest BCUT2D eigenvalue weighted by Gasteiger charge is 2.15. The number of hydrogen-bond donors (Lipinski definition) is 2. The maximum Gasteiger partial charge on any atom is 0.216 e. The fourth-order valence-electron chi connectivity index (χ4n) is 2.63. The lowest BCUT2D eigenvalue weighted by Crippen LogP contribution is -2.39. The normalized spacial score (nSPS) is 11.0. The standard InChI is InChI=1S/C19H29N5O2.HI/c1-6-17-16(18(25-5)24(4)23-17)13-22-19(21-12-14(2)3)20-10-9-15-8-7-11-26-15;/h7-8,11H,2,6,9-10,12-13H2,1,3-5H3,(H2,20,21,22);1H. The second-order valence-electron chi connectivity index (χ2n) is 6.14. The van der Waals surface area contributed by atoms with E-state index in [9.17, 15) is 0 Å². The van der Waals surface area contributed by atoms with Crippen LogP contribution in [-0.4, -0.2) is 35.9 Å². The van der Waals surface area contributed by atoms with Crippen molar-refractivity contribution in [1.29, 1.82) is 0 Å². The first-order valence-corrected chi connectivity index (χ1v) is 8.82. The lowest BCUT2D eigenvalue weighted by molar-refractivity contribution is 0.369. The van der Waals surface area contributed by atoms with Gasteiger partial charge in [0, 0.05) is 26.6 Å². The van der Waals surface area contributed by atoms with Crippen molar-refractivity contribution in [3.8, 4) is 5.88 Å². The second-order valence-corrected chi connectivity index (χ2v) is 6.14. The number of hydrogen-bond acceptors (Lipinski definition) is 4. The zero-order valence-corrected chi connectivity index (χ0v) is 18.9. The summed E-state index contributed by atoms with van der Waals surface area (Å²) >= 11 is 0. The number of guanidine groups is 1. The Bertz CT molecular complexity index is 738. The molecule has 8 heteroatoms. The van der Waals surface area contributed by atoms with Gasteiger partial charge >= 0.3 is 0 Å². The van der Waals surface area contributed by atoms with E-state index < -0.39 is 0 Å². The SMILES string of the molecule is C=C(C)CNC(=NCc1c(CC)nn(C)c1OC)NCCc1ccco1.I. The predicted octanol–water partition coefficient (Wildman–Crippen LogP) is 3.06. The summed E-state index contributed by atoms with van der Waals surface area (Å²) in [5.41, 5.74) is 3.06. The molecule has 2 heterocycles. The Hall–Kier alpha value is -1.97. The molecule has 7 nitrogen and oxygen atoms in total. The molecule has 0 aliphatic carbocycles. The van der Waals surface area contributed by atoms with Crippen LogP contribution in [0.4, 0.5) is 0 Å². The minimum Gasteiger partial charge on any atom is -0.481 e. The van der Waals surface area contributed by atoms with Crippen molar-refractivity contribution in [3.05, 3.63) is 47.6 Å². The molecule has 2 aromatic heterocycles. The maximum absolute atomic E-state index is 5.48. The first kappa shape index (κ1) is 23.1. The quantitative estimate of drug-likeness (QED) is 0.246. The van der Waals surface area contributed by atoms with Crippen LogP contribution in [0, 0.1) is 0 Å². The first-order chi connectivity index (χ1) is 12.5. The minimum absolute atomic E-state index is 0. The highest BCUT2D eigenvalue weighted by Crippen LogP contribution is 2.22. The van der Waals surface area contributed by atoms with E-state index in [1.54, 1.807) is 18.1 Å². The molecule has 0 radical (unpaired) electrons. The van der Waals surface area contributed by atoms with E-state index >= 15 is 0 Å². The number of aromatic nitrogens is 2. The Kier molecular flexibility index (Phi) is 9.98. The average Bonchev–Trinajstić information content (AvgIpc) is 3.23. The number of ether oxygens (including phenoxy) is 1. The van der Waals surface area contributed by atoms with Crippen LogP contribution in [0.2, 0.25) is 0 Å². The van der Waals surface area contributed by atoms with Crippen molar-refractivity contribution in [3.63, 3.8) is 0 Å². The molecule has 0 aliphatic heterocycles. The summed E-state index contributed by atoms with van der Waals surface area (Å²) in [7, 11) is 3.54. The average molecular weight is 487 g/mol. The third-order valence-electron chi connectivity index (χ3n) is 3.90. The van der Waals surface area contributed by atoms with Crippen LogP contribution in [0.25, 0.3) is 0 Å². The van der Waals surface area contributed by atoms with Crippen LogP contribution in [0.5, 0.6) is 5.88 Å². The molecule has 0 bridgehead atoms. The first-order valence-electron chi connectivity index (χ1n) is 8.82.